The minimum atomic E-state index is -3.98. The molecule has 148 valence electrons. The lowest BCUT2D eigenvalue weighted by atomic mass is 10.3. The number of nitrogens with one attached hydrogen (secondary N) is 1. The van der Waals surface area contributed by atoms with Crippen LogP contribution in [0.2, 0.25) is 0 Å². The Labute approximate surface area is 164 Å². The highest BCUT2D eigenvalue weighted by Crippen LogP contribution is 2.27. The second-order valence-electron chi connectivity index (χ2n) is 6.15. The molecule has 0 atom stereocenters. The molecule has 3 rings (SSSR count). The molecule has 3 aromatic rings. The van der Waals surface area contributed by atoms with Gasteiger partial charge in [0.15, 0.2) is 0 Å². The largest absolute Gasteiger partial charge is 0.497 e. The molecule has 0 radical (unpaired) electrons. The van der Waals surface area contributed by atoms with E-state index in [0.717, 1.165) is 3.97 Å². The van der Waals surface area contributed by atoms with E-state index in [0.29, 0.717) is 17.1 Å². The van der Waals surface area contributed by atoms with E-state index in [9.17, 15) is 16.8 Å². The van der Waals surface area contributed by atoms with Crippen molar-refractivity contribution >= 4 is 25.7 Å². The molecule has 1 heterocycles. The Morgan fingerprint density at radius 1 is 0.893 bits per heavy atom. The van der Waals surface area contributed by atoms with Crippen LogP contribution in [0.4, 0.5) is 5.69 Å². The van der Waals surface area contributed by atoms with Gasteiger partial charge in [0.1, 0.15) is 10.6 Å². The van der Waals surface area contributed by atoms with Gasteiger partial charge in [0.25, 0.3) is 20.0 Å². The third kappa shape index (κ3) is 3.63. The van der Waals surface area contributed by atoms with Crippen LogP contribution in [0.1, 0.15) is 11.4 Å². The average Bonchev–Trinajstić information content (AvgIpc) is 2.98. The van der Waals surface area contributed by atoms with Crippen LogP contribution in [0.25, 0.3) is 0 Å². The molecular weight excluding hydrogens is 400 g/mol. The van der Waals surface area contributed by atoms with Crippen LogP contribution in [0.15, 0.2) is 70.5 Å². The van der Waals surface area contributed by atoms with Gasteiger partial charge in [-0.1, -0.05) is 18.2 Å². The number of sulfonamides is 1. The van der Waals surface area contributed by atoms with Gasteiger partial charge in [0.2, 0.25) is 0 Å². The van der Waals surface area contributed by atoms with E-state index in [1.807, 2.05) is 0 Å². The quantitative estimate of drug-likeness (QED) is 0.661. The highest BCUT2D eigenvalue weighted by atomic mass is 32.2. The second-order valence-corrected chi connectivity index (χ2v) is 9.59. The van der Waals surface area contributed by atoms with Crippen molar-refractivity contribution < 1.29 is 21.6 Å². The van der Waals surface area contributed by atoms with E-state index in [4.69, 9.17) is 4.74 Å². The molecule has 7 nitrogen and oxygen atoms in total. The maximum absolute atomic E-state index is 13.0. The SMILES string of the molecule is COc1ccc(NS(=O)(=O)c2cc(C)n(S(=O)(=O)c3ccccc3)c2C)cc1. The molecule has 0 saturated carbocycles. The number of aromatic nitrogens is 1. The Morgan fingerprint density at radius 3 is 2.07 bits per heavy atom. The van der Waals surface area contributed by atoms with E-state index in [2.05, 4.69) is 4.72 Å². The van der Waals surface area contributed by atoms with E-state index in [1.165, 1.54) is 32.2 Å². The fourth-order valence-corrected chi connectivity index (χ4v) is 5.95. The summed E-state index contributed by atoms with van der Waals surface area (Å²) in [5.41, 5.74) is 0.760. The minimum Gasteiger partial charge on any atom is -0.497 e. The lowest BCUT2D eigenvalue weighted by molar-refractivity contribution is 0.415. The van der Waals surface area contributed by atoms with Crippen LogP contribution in [0.5, 0.6) is 5.75 Å². The monoisotopic (exact) mass is 420 g/mol. The number of methoxy groups -OCH3 is 1. The summed E-state index contributed by atoms with van der Waals surface area (Å²) in [6.07, 6.45) is 0. The Hall–Kier alpha value is -2.78. The van der Waals surface area contributed by atoms with Crippen LogP contribution >= 0.6 is 0 Å². The van der Waals surface area contributed by atoms with Gasteiger partial charge in [-0.2, -0.15) is 0 Å². The first-order valence-corrected chi connectivity index (χ1v) is 11.3. The fourth-order valence-electron chi connectivity index (χ4n) is 2.93. The van der Waals surface area contributed by atoms with Gasteiger partial charge in [-0.15, -0.1) is 0 Å². The Kier molecular flexibility index (Phi) is 5.22. The number of rotatable bonds is 6. The highest BCUT2D eigenvalue weighted by Gasteiger charge is 2.28. The lowest BCUT2D eigenvalue weighted by Gasteiger charge is -2.12. The van der Waals surface area contributed by atoms with Crippen molar-refractivity contribution in [3.05, 3.63) is 72.1 Å². The molecule has 9 heteroatoms. The standard InChI is InChI=1S/C19H20N2O5S2/c1-14-13-19(27(22,23)20-16-9-11-17(26-3)12-10-16)15(2)21(14)28(24,25)18-7-5-4-6-8-18/h4-13,20H,1-3H3. The molecule has 0 aliphatic rings. The maximum Gasteiger partial charge on any atom is 0.268 e. The molecule has 1 aromatic heterocycles. The van der Waals surface area contributed by atoms with Crippen LogP contribution in [-0.2, 0) is 20.0 Å². The summed E-state index contributed by atoms with van der Waals surface area (Å²) in [6.45, 7) is 3.02. The normalized spacial score (nSPS) is 12.0. The molecule has 0 aliphatic carbocycles. The van der Waals surface area contributed by atoms with Crippen molar-refractivity contribution in [2.45, 2.75) is 23.6 Å². The molecule has 0 aliphatic heterocycles. The molecular formula is C19H20N2O5S2. The number of benzene rings is 2. The van der Waals surface area contributed by atoms with E-state index in [1.54, 1.807) is 49.4 Å². The molecule has 1 N–H and O–H groups in total. The van der Waals surface area contributed by atoms with Crippen molar-refractivity contribution in [2.75, 3.05) is 11.8 Å². The zero-order chi connectivity index (χ0) is 20.5. The van der Waals surface area contributed by atoms with E-state index < -0.39 is 20.0 Å². The smallest absolute Gasteiger partial charge is 0.268 e. The molecule has 28 heavy (non-hydrogen) atoms. The summed E-state index contributed by atoms with van der Waals surface area (Å²) in [4.78, 5) is -0.0100. The van der Waals surface area contributed by atoms with Crippen molar-refractivity contribution in [3.8, 4) is 5.75 Å². The Bertz CT molecular complexity index is 1200. The lowest BCUT2D eigenvalue weighted by Crippen LogP contribution is -2.18. The van der Waals surface area contributed by atoms with E-state index in [-0.39, 0.29) is 15.5 Å². The molecule has 2 aromatic carbocycles. The number of nitrogens with zero attached hydrogens (tertiary/aromatic N) is 1. The van der Waals surface area contributed by atoms with Crippen LogP contribution in [-0.4, -0.2) is 27.9 Å². The van der Waals surface area contributed by atoms with Gasteiger partial charge >= 0.3 is 0 Å². The zero-order valence-corrected chi connectivity index (χ0v) is 17.2. The summed E-state index contributed by atoms with van der Waals surface area (Å²) in [5, 5.41) is 0. The van der Waals surface area contributed by atoms with E-state index >= 15 is 0 Å². The van der Waals surface area contributed by atoms with Crippen LogP contribution in [0, 0.1) is 13.8 Å². The Morgan fingerprint density at radius 2 is 1.50 bits per heavy atom. The van der Waals surface area contributed by atoms with Gasteiger partial charge < -0.3 is 4.74 Å². The molecule has 0 fully saturated rings. The molecule has 0 spiro atoms. The van der Waals surface area contributed by atoms with Crippen molar-refractivity contribution in [3.63, 3.8) is 0 Å². The minimum absolute atomic E-state index is 0.0869. The average molecular weight is 421 g/mol. The summed E-state index contributed by atoms with van der Waals surface area (Å²) in [7, 11) is -6.38. The Balaban J connectivity index is 2.03. The van der Waals surface area contributed by atoms with Crippen molar-refractivity contribution in [2.24, 2.45) is 0 Å². The van der Waals surface area contributed by atoms with Gasteiger partial charge in [0, 0.05) is 11.4 Å². The first kappa shape index (κ1) is 20.0. The zero-order valence-electron chi connectivity index (χ0n) is 15.6. The number of anilines is 1. The predicted molar refractivity (Wildman–Crippen MR) is 107 cm³/mol. The summed E-state index contributed by atoms with van der Waals surface area (Å²) in [6, 6.07) is 15.6. The van der Waals surface area contributed by atoms with Crippen LogP contribution < -0.4 is 9.46 Å². The van der Waals surface area contributed by atoms with Gasteiger partial charge in [-0.05, 0) is 56.3 Å². The molecule has 0 amide bonds. The summed E-state index contributed by atoms with van der Waals surface area (Å²) in [5.74, 6) is 0.593. The van der Waals surface area contributed by atoms with Gasteiger partial charge in [-0.3, -0.25) is 4.72 Å². The third-order valence-electron chi connectivity index (χ3n) is 4.23. The highest BCUT2D eigenvalue weighted by molar-refractivity contribution is 7.93. The van der Waals surface area contributed by atoms with Crippen molar-refractivity contribution in [1.29, 1.82) is 0 Å². The molecule has 0 saturated heterocycles. The van der Waals surface area contributed by atoms with Gasteiger partial charge in [0.05, 0.1) is 17.7 Å². The molecule has 0 unspecified atom stereocenters. The van der Waals surface area contributed by atoms with Crippen molar-refractivity contribution in [1.82, 2.24) is 3.97 Å². The fraction of sp³-hybridized carbons (Fsp3) is 0.158. The number of ether oxygens (including phenoxy) is 1. The first-order valence-electron chi connectivity index (χ1n) is 8.33. The number of aryl methyl sites for hydroxylation is 1. The predicted octanol–water partition coefficient (Wildman–Crippen LogP) is 3.15. The number of hydrogen-bond acceptors (Lipinski definition) is 5. The summed E-state index contributed by atoms with van der Waals surface area (Å²) >= 11 is 0. The third-order valence-corrected chi connectivity index (χ3v) is 7.64. The number of hydrogen-bond donors (Lipinski definition) is 1. The van der Waals surface area contributed by atoms with Crippen LogP contribution in [0.3, 0.4) is 0 Å². The second kappa shape index (κ2) is 7.33. The maximum atomic E-state index is 13.0. The summed E-state index contributed by atoms with van der Waals surface area (Å²) < 4.78 is 60.2. The first-order chi connectivity index (χ1) is 13.2. The molecule has 0 bridgehead atoms. The van der Waals surface area contributed by atoms with Gasteiger partial charge in [-0.25, -0.2) is 20.8 Å². The topological polar surface area (TPSA) is 94.5 Å².